The Hall–Kier alpha value is -0.460. The summed E-state index contributed by atoms with van der Waals surface area (Å²) in [5.41, 5.74) is 6.27. The molecule has 0 aliphatic rings. The molecule has 1 rings (SSSR count). The lowest BCUT2D eigenvalue weighted by molar-refractivity contribution is -0.275. The fourth-order valence-electron chi connectivity index (χ4n) is 1.66. The molecule has 0 saturated heterocycles. The van der Waals surface area contributed by atoms with E-state index in [0.717, 1.165) is 0 Å². The molecular weight excluding hydrogens is 346 g/mol. The van der Waals surface area contributed by atoms with E-state index >= 15 is 0 Å². The predicted molar refractivity (Wildman–Crippen MR) is 74.5 cm³/mol. The molecule has 2 N–H and O–H groups in total. The minimum atomic E-state index is -4.71. The van der Waals surface area contributed by atoms with Gasteiger partial charge in [-0.3, -0.25) is 0 Å². The molecule has 0 amide bonds. The maximum Gasteiger partial charge on any atom is 0.573 e. The molecule has 0 aliphatic carbocycles. The first-order valence-corrected chi connectivity index (χ1v) is 6.29. The number of ether oxygens (including phenoxy) is 1. The summed E-state index contributed by atoms with van der Waals surface area (Å²) in [4.78, 5) is 0. The zero-order valence-corrected chi connectivity index (χ0v) is 12.9. The van der Waals surface area contributed by atoms with Crippen molar-refractivity contribution in [3.8, 4) is 5.75 Å². The van der Waals surface area contributed by atoms with Crippen molar-refractivity contribution in [1.82, 2.24) is 0 Å². The third-order valence-corrected chi connectivity index (χ3v) is 2.82. The highest BCUT2D eigenvalue weighted by atomic mass is 79.9. The Morgan fingerprint density at radius 2 is 1.89 bits per heavy atom. The van der Waals surface area contributed by atoms with Crippen molar-refractivity contribution in [1.29, 1.82) is 0 Å². The molecular formula is C12H16BrClF3NO. The Labute approximate surface area is 125 Å². The van der Waals surface area contributed by atoms with E-state index in [0.29, 0.717) is 16.5 Å². The van der Waals surface area contributed by atoms with Crippen LogP contribution in [0.5, 0.6) is 5.75 Å². The van der Waals surface area contributed by atoms with Crippen molar-refractivity contribution >= 4 is 28.3 Å². The topological polar surface area (TPSA) is 35.2 Å². The van der Waals surface area contributed by atoms with Gasteiger partial charge in [-0.1, -0.05) is 29.8 Å². The van der Waals surface area contributed by atoms with Gasteiger partial charge in [0.2, 0.25) is 0 Å². The van der Waals surface area contributed by atoms with Crippen molar-refractivity contribution in [3.05, 3.63) is 28.2 Å². The van der Waals surface area contributed by atoms with Gasteiger partial charge >= 0.3 is 6.36 Å². The second-order valence-electron chi connectivity index (χ2n) is 4.47. The minimum Gasteiger partial charge on any atom is -0.405 e. The number of hydrogen-bond donors (Lipinski definition) is 1. The fourth-order valence-corrected chi connectivity index (χ4v) is 2.04. The van der Waals surface area contributed by atoms with Crippen LogP contribution in [0.2, 0.25) is 0 Å². The largest absolute Gasteiger partial charge is 0.573 e. The van der Waals surface area contributed by atoms with Crippen LogP contribution in [-0.2, 0) is 0 Å². The van der Waals surface area contributed by atoms with Gasteiger partial charge in [-0.25, -0.2) is 0 Å². The van der Waals surface area contributed by atoms with Crippen LogP contribution in [0.25, 0.3) is 0 Å². The van der Waals surface area contributed by atoms with Crippen molar-refractivity contribution in [2.75, 3.05) is 0 Å². The molecule has 19 heavy (non-hydrogen) atoms. The molecule has 1 aromatic carbocycles. The monoisotopic (exact) mass is 361 g/mol. The lowest BCUT2D eigenvalue weighted by Crippen LogP contribution is -2.21. The maximum atomic E-state index is 12.3. The zero-order valence-electron chi connectivity index (χ0n) is 10.5. The van der Waals surface area contributed by atoms with Crippen LogP contribution in [-0.4, -0.2) is 6.36 Å². The first-order valence-electron chi connectivity index (χ1n) is 5.50. The van der Waals surface area contributed by atoms with E-state index in [1.165, 1.54) is 12.1 Å². The van der Waals surface area contributed by atoms with E-state index in [2.05, 4.69) is 20.7 Å². The molecule has 0 aliphatic heterocycles. The van der Waals surface area contributed by atoms with Crippen LogP contribution in [0.1, 0.15) is 31.9 Å². The quantitative estimate of drug-likeness (QED) is 0.834. The standard InChI is InChI=1S/C12H15BrF3NO.ClH/c1-7(2)5-10(17)9-6-8(13)3-4-11(9)18-12(14,15)16;/h3-4,6-7,10H,5,17H2,1-2H3;1H/t10-;/m1./s1. The second kappa shape index (κ2) is 7.36. The first kappa shape index (κ1) is 18.5. The smallest absolute Gasteiger partial charge is 0.405 e. The predicted octanol–water partition coefficient (Wildman–Crippen LogP) is 4.82. The van der Waals surface area contributed by atoms with E-state index in [1.807, 2.05) is 13.8 Å². The van der Waals surface area contributed by atoms with E-state index in [1.54, 1.807) is 6.07 Å². The number of hydrogen-bond acceptors (Lipinski definition) is 2. The summed E-state index contributed by atoms with van der Waals surface area (Å²) in [6.07, 6.45) is -4.12. The van der Waals surface area contributed by atoms with Gasteiger partial charge < -0.3 is 10.5 Å². The normalized spacial score (nSPS) is 13.1. The fraction of sp³-hybridized carbons (Fsp3) is 0.500. The van der Waals surface area contributed by atoms with Gasteiger partial charge in [0.05, 0.1) is 0 Å². The van der Waals surface area contributed by atoms with Gasteiger partial charge in [0.1, 0.15) is 5.75 Å². The van der Waals surface area contributed by atoms with Crippen LogP contribution in [0, 0.1) is 5.92 Å². The molecule has 1 aromatic rings. The van der Waals surface area contributed by atoms with Gasteiger partial charge in [-0.05, 0) is 30.5 Å². The lowest BCUT2D eigenvalue weighted by Gasteiger charge is -2.19. The van der Waals surface area contributed by atoms with E-state index in [-0.39, 0.29) is 24.1 Å². The summed E-state index contributed by atoms with van der Waals surface area (Å²) in [6, 6.07) is 3.84. The Morgan fingerprint density at radius 1 is 1.32 bits per heavy atom. The SMILES string of the molecule is CC(C)C[C@@H](N)c1cc(Br)ccc1OC(F)(F)F.Cl. The van der Waals surface area contributed by atoms with Crippen molar-refractivity contribution < 1.29 is 17.9 Å². The van der Waals surface area contributed by atoms with Crippen molar-refractivity contribution in [2.45, 2.75) is 32.7 Å². The molecule has 110 valence electrons. The van der Waals surface area contributed by atoms with Crippen molar-refractivity contribution in [3.63, 3.8) is 0 Å². The molecule has 0 heterocycles. The summed E-state index contributed by atoms with van der Waals surface area (Å²) >= 11 is 3.22. The highest BCUT2D eigenvalue weighted by Gasteiger charge is 2.32. The molecule has 2 nitrogen and oxygen atoms in total. The number of halogens is 5. The molecule has 0 radical (unpaired) electrons. The number of nitrogens with two attached hydrogens (primary N) is 1. The third-order valence-electron chi connectivity index (χ3n) is 2.32. The molecule has 0 spiro atoms. The molecule has 0 aromatic heterocycles. The minimum absolute atomic E-state index is 0. The van der Waals surface area contributed by atoms with E-state index < -0.39 is 12.4 Å². The summed E-state index contributed by atoms with van der Waals surface area (Å²) in [5, 5.41) is 0. The lowest BCUT2D eigenvalue weighted by atomic mass is 9.97. The Kier molecular flexibility index (Phi) is 7.18. The van der Waals surface area contributed by atoms with Crippen LogP contribution >= 0.6 is 28.3 Å². The first-order chi connectivity index (χ1) is 8.19. The Bertz CT molecular complexity index is 412. The maximum absolute atomic E-state index is 12.3. The molecule has 0 fully saturated rings. The Balaban J connectivity index is 0.00000324. The van der Waals surface area contributed by atoms with Gasteiger partial charge in [-0.15, -0.1) is 25.6 Å². The van der Waals surface area contributed by atoms with Gasteiger partial charge in [0.15, 0.2) is 0 Å². The third kappa shape index (κ3) is 6.49. The molecule has 0 saturated carbocycles. The molecule has 1 atom stereocenters. The highest BCUT2D eigenvalue weighted by Crippen LogP contribution is 2.33. The molecule has 0 unspecified atom stereocenters. The van der Waals surface area contributed by atoms with Crippen LogP contribution in [0.15, 0.2) is 22.7 Å². The van der Waals surface area contributed by atoms with Crippen molar-refractivity contribution in [2.24, 2.45) is 11.7 Å². The second-order valence-corrected chi connectivity index (χ2v) is 5.38. The summed E-state index contributed by atoms with van der Waals surface area (Å²) in [7, 11) is 0. The number of rotatable bonds is 4. The summed E-state index contributed by atoms with van der Waals surface area (Å²) < 4.78 is 41.5. The Morgan fingerprint density at radius 3 is 2.37 bits per heavy atom. The van der Waals surface area contributed by atoms with Gasteiger partial charge in [0.25, 0.3) is 0 Å². The van der Waals surface area contributed by atoms with E-state index in [4.69, 9.17) is 5.73 Å². The summed E-state index contributed by atoms with van der Waals surface area (Å²) in [5.74, 6) is 0.0524. The van der Waals surface area contributed by atoms with Gasteiger partial charge in [-0.2, -0.15) is 0 Å². The van der Waals surface area contributed by atoms with Crippen LogP contribution < -0.4 is 10.5 Å². The van der Waals surface area contributed by atoms with Gasteiger partial charge in [0, 0.05) is 16.1 Å². The van der Waals surface area contributed by atoms with Crippen LogP contribution in [0.4, 0.5) is 13.2 Å². The highest BCUT2D eigenvalue weighted by molar-refractivity contribution is 9.10. The average Bonchev–Trinajstić information content (AvgIpc) is 2.17. The number of benzene rings is 1. The average molecular weight is 363 g/mol. The molecule has 0 bridgehead atoms. The van der Waals surface area contributed by atoms with E-state index in [9.17, 15) is 13.2 Å². The summed E-state index contributed by atoms with van der Waals surface area (Å²) in [6.45, 7) is 3.92. The number of alkyl halides is 3. The molecule has 7 heteroatoms. The zero-order chi connectivity index (χ0) is 13.9. The van der Waals surface area contributed by atoms with Crippen LogP contribution in [0.3, 0.4) is 0 Å².